The smallest absolute Gasteiger partial charge is 0.179 e. The van der Waals surface area contributed by atoms with E-state index >= 15 is 0 Å². The molecule has 0 amide bonds. The van der Waals surface area contributed by atoms with Crippen molar-refractivity contribution in [2.45, 2.75) is 13.5 Å². The van der Waals surface area contributed by atoms with Crippen LogP contribution in [0.5, 0.6) is 11.5 Å². The van der Waals surface area contributed by atoms with Crippen LogP contribution in [0.25, 0.3) is 0 Å². The third kappa shape index (κ3) is 1.79. The number of ether oxygens (including phenoxy) is 2. The van der Waals surface area contributed by atoms with Crippen molar-refractivity contribution in [2.75, 3.05) is 14.2 Å². The van der Waals surface area contributed by atoms with E-state index in [9.17, 15) is 0 Å². The molecular formula is C10H14ClNO2. The molecule has 0 unspecified atom stereocenters. The lowest BCUT2D eigenvalue weighted by Crippen LogP contribution is -2.03. The second-order valence-corrected chi connectivity index (χ2v) is 3.32. The Bertz CT molecular complexity index is 339. The third-order valence-electron chi connectivity index (χ3n) is 2.17. The maximum Gasteiger partial charge on any atom is 0.179 e. The fourth-order valence-corrected chi connectivity index (χ4v) is 1.69. The minimum atomic E-state index is 0.436. The van der Waals surface area contributed by atoms with Crippen molar-refractivity contribution in [1.82, 2.24) is 0 Å². The van der Waals surface area contributed by atoms with Crippen LogP contribution in [0.15, 0.2) is 6.07 Å². The lowest BCUT2D eigenvalue weighted by Gasteiger charge is -2.14. The van der Waals surface area contributed by atoms with Crippen molar-refractivity contribution in [3.8, 4) is 11.5 Å². The number of halogens is 1. The van der Waals surface area contributed by atoms with Gasteiger partial charge < -0.3 is 15.2 Å². The molecule has 0 saturated carbocycles. The Hall–Kier alpha value is -0.930. The molecule has 3 nitrogen and oxygen atoms in total. The summed E-state index contributed by atoms with van der Waals surface area (Å²) in [6.45, 7) is 2.37. The molecule has 0 spiro atoms. The largest absolute Gasteiger partial charge is 0.493 e. The lowest BCUT2D eigenvalue weighted by molar-refractivity contribution is 0.352. The minimum absolute atomic E-state index is 0.436. The van der Waals surface area contributed by atoms with E-state index in [4.69, 9.17) is 26.8 Å². The first-order valence-corrected chi connectivity index (χ1v) is 4.63. The molecule has 0 heterocycles. The van der Waals surface area contributed by atoms with Crippen LogP contribution in [0.3, 0.4) is 0 Å². The van der Waals surface area contributed by atoms with Crippen molar-refractivity contribution in [1.29, 1.82) is 0 Å². The molecule has 1 aromatic carbocycles. The van der Waals surface area contributed by atoms with Crippen LogP contribution in [0.1, 0.15) is 11.1 Å². The molecule has 14 heavy (non-hydrogen) atoms. The molecule has 0 aliphatic heterocycles. The van der Waals surface area contributed by atoms with Crippen LogP contribution in [0.4, 0.5) is 0 Å². The summed E-state index contributed by atoms with van der Waals surface area (Å²) in [5, 5.41) is 0.524. The average Bonchev–Trinajstić information content (AvgIpc) is 2.20. The molecule has 0 saturated heterocycles. The molecule has 0 fully saturated rings. The average molecular weight is 216 g/mol. The molecule has 4 heteroatoms. The molecule has 78 valence electrons. The fourth-order valence-electron chi connectivity index (χ4n) is 1.40. The molecule has 0 bridgehead atoms. The molecule has 0 atom stereocenters. The van der Waals surface area contributed by atoms with Crippen molar-refractivity contribution in [2.24, 2.45) is 5.73 Å². The summed E-state index contributed by atoms with van der Waals surface area (Å²) in [7, 11) is 3.15. The predicted molar refractivity (Wildman–Crippen MR) is 57.2 cm³/mol. The van der Waals surface area contributed by atoms with E-state index in [0.717, 1.165) is 11.1 Å². The zero-order chi connectivity index (χ0) is 10.7. The summed E-state index contributed by atoms with van der Waals surface area (Å²) in [4.78, 5) is 0. The summed E-state index contributed by atoms with van der Waals surface area (Å²) < 4.78 is 10.4. The van der Waals surface area contributed by atoms with Gasteiger partial charge in [-0.2, -0.15) is 0 Å². The van der Waals surface area contributed by atoms with Crippen LogP contribution in [-0.4, -0.2) is 14.2 Å². The highest BCUT2D eigenvalue weighted by Crippen LogP contribution is 2.39. The number of rotatable bonds is 3. The molecule has 1 aromatic rings. The first kappa shape index (κ1) is 11.1. The minimum Gasteiger partial charge on any atom is -0.493 e. The summed E-state index contributed by atoms with van der Waals surface area (Å²) in [6.07, 6.45) is 0. The Morgan fingerprint density at radius 1 is 1.29 bits per heavy atom. The molecule has 0 radical (unpaired) electrons. The van der Waals surface area contributed by atoms with Gasteiger partial charge in [-0.1, -0.05) is 11.6 Å². The Balaban J connectivity index is 3.40. The van der Waals surface area contributed by atoms with E-state index < -0.39 is 0 Å². The second kappa shape index (κ2) is 4.53. The predicted octanol–water partition coefficient (Wildman–Crippen LogP) is 2.12. The first-order chi connectivity index (χ1) is 6.65. The van der Waals surface area contributed by atoms with Gasteiger partial charge in [0, 0.05) is 6.54 Å². The van der Waals surface area contributed by atoms with Gasteiger partial charge in [0.1, 0.15) is 0 Å². The molecule has 2 N–H and O–H groups in total. The van der Waals surface area contributed by atoms with E-state index in [1.165, 1.54) is 0 Å². The number of benzene rings is 1. The highest BCUT2D eigenvalue weighted by molar-refractivity contribution is 6.32. The number of methoxy groups -OCH3 is 2. The summed E-state index contributed by atoms with van der Waals surface area (Å²) >= 11 is 6.00. The van der Waals surface area contributed by atoms with Crippen molar-refractivity contribution >= 4 is 11.6 Å². The van der Waals surface area contributed by atoms with Gasteiger partial charge in [0.25, 0.3) is 0 Å². The topological polar surface area (TPSA) is 44.5 Å². The number of nitrogens with two attached hydrogens (primary N) is 1. The van der Waals surface area contributed by atoms with E-state index in [1.807, 2.05) is 6.92 Å². The zero-order valence-electron chi connectivity index (χ0n) is 8.56. The molecule has 1 rings (SSSR count). The fraction of sp³-hybridized carbons (Fsp3) is 0.400. The zero-order valence-corrected chi connectivity index (χ0v) is 9.31. The lowest BCUT2D eigenvalue weighted by atomic mass is 10.1. The van der Waals surface area contributed by atoms with Gasteiger partial charge in [0.05, 0.1) is 19.2 Å². The van der Waals surface area contributed by atoms with Crippen molar-refractivity contribution in [3.05, 3.63) is 22.2 Å². The van der Waals surface area contributed by atoms with Crippen LogP contribution in [-0.2, 0) is 6.54 Å². The molecular weight excluding hydrogens is 202 g/mol. The summed E-state index contributed by atoms with van der Waals surface area (Å²) in [6, 6.07) is 1.80. The number of hydrogen-bond acceptors (Lipinski definition) is 3. The Morgan fingerprint density at radius 3 is 2.29 bits per heavy atom. The van der Waals surface area contributed by atoms with Crippen LogP contribution < -0.4 is 15.2 Å². The monoisotopic (exact) mass is 215 g/mol. The van der Waals surface area contributed by atoms with E-state index in [1.54, 1.807) is 20.3 Å². The van der Waals surface area contributed by atoms with Gasteiger partial charge in [0.15, 0.2) is 11.5 Å². The van der Waals surface area contributed by atoms with Gasteiger partial charge in [-0.15, -0.1) is 0 Å². The van der Waals surface area contributed by atoms with Gasteiger partial charge in [-0.05, 0) is 24.1 Å². The van der Waals surface area contributed by atoms with Gasteiger partial charge >= 0.3 is 0 Å². The molecule has 0 aromatic heterocycles. The summed E-state index contributed by atoms with van der Waals surface area (Å²) in [5.74, 6) is 1.21. The Morgan fingerprint density at radius 2 is 1.86 bits per heavy atom. The Labute approximate surface area is 88.8 Å². The first-order valence-electron chi connectivity index (χ1n) is 4.25. The quantitative estimate of drug-likeness (QED) is 0.840. The molecule has 0 aliphatic carbocycles. The van der Waals surface area contributed by atoms with Gasteiger partial charge in [-0.3, -0.25) is 0 Å². The maximum atomic E-state index is 6.00. The SMILES string of the molecule is COc1c(Cl)cc(CN)c(C)c1OC. The van der Waals surface area contributed by atoms with Crippen LogP contribution in [0, 0.1) is 6.92 Å². The highest BCUT2D eigenvalue weighted by Gasteiger charge is 2.14. The van der Waals surface area contributed by atoms with E-state index in [0.29, 0.717) is 23.1 Å². The maximum absolute atomic E-state index is 6.00. The normalized spacial score (nSPS) is 10.1. The van der Waals surface area contributed by atoms with E-state index in [2.05, 4.69) is 0 Å². The number of hydrogen-bond donors (Lipinski definition) is 1. The van der Waals surface area contributed by atoms with Gasteiger partial charge in [-0.25, -0.2) is 0 Å². The van der Waals surface area contributed by atoms with Crippen molar-refractivity contribution < 1.29 is 9.47 Å². The third-order valence-corrected chi connectivity index (χ3v) is 2.46. The second-order valence-electron chi connectivity index (χ2n) is 2.91. The standard InChI is InChI=1S/C10H14ClNO2/c1-6-7(5-12)4-8(11)10(14-3)9(6)13-2/h4H,5,12H2,1-3H3. The van der Waals surface area contributed by atoms with Crippen LogP contribution >= 0.6 is 11.6 Å². The van der Waals surface area contributed by atoms with Gasteiger partial charge in [0.2, 0.25) is 0 Å². The van der Waals surface area contributed by atoms with Crippen LogP contribution in [0.2, 0.25) is 5.02 Å². The highest BCUT2D eigenvalue weighted by atomic mass is 35.5. The van der Waals surface area contributed by atoms with Crippen molar-refractivity contribution in [3.63, 3.8) is 0 Å². The Kier molecular flexibility index (Phi) is 3.61. The van der Waals surface area contributed by atoms with E-state index in [-0.39, 0.29) is 0 Å². The molecule has 0 aliphatic rings. The summed E-state index contributed by atoms with van der Waals surface area (Å²) in [5.41, 5.74) is 7.51.